The zero-order valence-corrected chi connectivity index (χ0v) is 6.97. The summed E-state index contributed by atoms with van der Waals surface area (Å²) in [5, 5.41) is 2.79. The van der Waals surface area contributed by atoms with Gasteiger partial charge in [-0.1, -0.05) is 13.3 Å². The molecular formula is C8H16N2O. The molecule has 1 aliphatic rings. The molecule has 1 fully saturated rings. The minimum absolute atomic E-state index is 0.197. The topological polar surface area (TPSA) is 55.1 Å². The Labute approximate surface area is 67.3 Å². The van der Waals surface area contributed by atoms with Crippen molar-refractivity contribution in [3.05, 3.63) is 0 Å². The Balaban J connectivity index is 2.12. The number of amides is 1. The lowest BCUT2D eigenvalue weighted by Gasteiger charge is -2.00. The molecule has 0 aromatic heterocycles. The normalized spacial score (nSPS) is 28.2. The second-order valence-corrected chi connectivity index (χ2v) is 3.09. The summed E-state index contributed by atoms with van der Waals surface area (Å²) in [7, 11) is 0. The van der Waals surface area contributed by atoms with Gasteiger partial charge in [0.05, 0.1) is 0 Å². The van der Waals surface area contributed by atoms with Gasteiger partial charge in [0.1, 0.15) is 0 Å². The van der Waals surface area contributed by atoms with E-state index < -0.39 is 0 Å². The molecule has 2 atom stereocenters. The summed E-state index contributed by atoms with van der Waals surface area (Å²) in [6, 6.07) is 0. The third-order valence-corrected chi connectivity index (χ3v) is 2.23. The Morgan fingerprint density at radius 2 is 2.45 bits per heavy atom. The Hall–Kier alpha value is -0.570. The Bertz CT molecular complexity index is 147. The van der Waals surface area contributed by atoms with Crippen LogP contribution in [0.25, 0.3) is 0 Å². The number of rotatable bonds is 4. The first-order valence-electron chi connectivity index (χ1n) is 4.27. The highest BCUT2D eigenvalue weighted by atomic mass is 16.2. The van der Waals surface area contributed by atoms with Crippen LogP contribution in [0.4, 0.5) is 0 Å². The van der Waals surface area contributed by atoms with Gasteiger partial charge in [0.25, 0.3) is 0 Å². The van der Waals surface area contributed by atoms with E-state index in [-0.39, 0.29) is 5.91 Å². The SMILES string of the molecule is CCC1CC1C(=O)NCCN. The highest BCUT2D eigenvalue weighted by molar-refractivity contribution is 5.81. The van der Waals surface area contributed by atoms with Crippen LogP contribution in [0.5, 0.6) is 0 Å². The number of nitrogens with two attached hydrogens (primary N) is 1. The largest absolute Gasteiger partial charge is 0.355 e. The fourth-order valence-electron chi connectivity index (χ4n) is 1.35. The summed E-state index contributed by atoms with van der Waals surface area (Å²) in [5.74, 6) is 1.14. The van der Waals surface area contributed by atoms with Crippen molar-refractivity contribution in [2.45, 2.75) is 19.8 Å². The van der Waals surface area contributed by atoms with Crippen LogP contribution in [0.15, 0.2) is 0 Å². The average Bonchev–Trinajstić information content (AvgIpc) is 2.78. The molecule has 3 N–H and O–H groups in total. The molecule has 0 aromatic carbocycles. The molecule has 11 heavy (non-hydrogen) atoms. The van der Waals surface area contributed by atoms with Crippen molar-refractivity contribution >= 4 is 5.91 Å². The first-order chi connectivity index (χ1) is 5.29. The third-order valence-electron chi connectivity index (χ3n) is 2.23. The van der Waals surface area contributed by atoms with Crippen LogP contribution in [0, 0.1) is 11.8 Å². The Morgan fingerprint density at radius 3 is 2.91 bits per heavy atom. The van der Waals surface area contributed by atoms with Gasteiger partial charge in [0.15, 0.2) is 0 Å². The van der Waals surface area contributed by atoms with E-state index in [1.165, 1.54) is 0 Å². The van der Waals surface area contributed by atoms with Crippen LogP contribution in [0.1, 0.15) is 19.8 Å². The van der Waals surface area contributed by atoms with Crippen LogP contribution in [-0.4, -0.2) is 19.0 Å². The molecule has 0 aromatic rings. The summed E-state index contributed by atoms with van der Waals surface area (Å²) in [6.07, 6.45) is 2.20. The summed E-state index contributed by atoms with van der Waals surface area (Å²) < 4.78 is 0. The lowest BCUT2D eigenvalue weighted by Crippen LogP contribution is -2.30. The van der Waals surface area contributed by atoms with Crippen LogP contribution >= 0.6 is 0 Å². The molecule has 1 aliphatic carbocycles. The standard InChI is InChI=1S/C8H16N2O/c1-2-6-5-7(6)8(11)10-4-3-9/h6-7H,2-5,9H2,1H3,(H,10,11). The molecule has 0 radical (unpaired) electrons. The van der Waals surface area contributed by atoms with Crippen molar-refractivity contribution in [2.24, 2.45) is 17.6 Å². The van der Waals surface area contributed by atoms with Crippen molar-refractivity contribution in [1.82, 2.24) is 5.32 Å². The summed E-state index contributed by atoms with van der Waals surface area (Å²) in [5.41, 5.74) is 5.25. The van der Waals surface area contributed by atoms with Crippen LogP contribution in [0.2, 0.25) is 0 Å². The zero-order chi connectivity index (χ0) is 8.27. The quantitative estimate of drug-likeness (QED) is 0.607. The monoisotopic (exact) mass is 156 g/mol. The second kappa shape index (κ2) is 3.72. The lowest BCUT2D eigenvalue weighted by atomic mass is 10.2. The summed E-state index contributed by atoms with van der Waals surface area (Å²) in [6.45, 7) is 3.28. The zero-order valence-electron chi connectivity index (χ0n) is 6.97. The highest BCUT2D eigenvalue weighted by Gasteiger charge is 2.40. The molecule has 0 bridgehead atoms. The minimum Gasteiger partial charge on any atom is -0.355 e. The van der Waals surface area contributed by atoms with Crippen molar-refractivity contribution < 1.29 is 4.79 Å². The summed E-state index contributed by atoms with van der Waals surface area (Å²) >= 11 is 0. The minimum atomic E-state index is 0.197. The van der Waals surface area contributed by atoms with Gasteiger partial charge in [0.2, 0.25) is 5.91 Å². The molecule has 0 heterocycles. The maximum atomic E-state index is 11.2. The van der Waals surface area contributed by atoms with E-state index in [4.69, 9.17) is 5.73 Å². The predicted octanol–water partition coefficient (Wildman–Crippen LogP) is 0.107. The van der Waals surface area contributed by atoms with Gasteiger partial charge in [-0.2, -0.15) is 0 Å². The molecule has 1 rings (SSSR count). The van der Waals surface area contributed by atoms with Crippen LogP contribution < -0.4 is 11.1 Å². The van der Waals surface area contributed by atoms with Gasteiger partial charge in [-0.05, 0) is 12.3 Å². The molecule has 3 nitrogen and oxygen atoms in total. The van der Waals surface area contributed by atoms with Crippen molar-refractivity contribution in [3.8, 4) is 0 Å². The number of hydrogen-bond acceptors (Lipinski definition) is 2. The number of nitrogens with one attached hydrogen (secondary N) is 1. The predicted molar refractivity (Wildman–Crippen MR) is 44.0 cm³/mol. The maximum absolute atomic E-state index is 11.2. The van der Waals surface area contributed by atoms with Gasteiger partial charge >= 0.3 is 0 Å². The summed E-state index contributed by atoms with van der Waals surface area (Å²) in [4.78, 5) is 11.2. The van der Waals surface area contributed by atoms with E-state index in [1.54, 1.807) is 0 Å². The van der Waals surface area contributed by atoms with Crippen molar-refractivity contribution in [2.75, 3.05) is 13.1 Å². The lowest BCUT2D eigenvalue weighted by molar-refractivity contribution is -0.122. The van der Waals surface area contributed by atoms with Gasteiger partial charge in [0, 0.05) is 19.0 Å². The van der Waals surface area contributed by atoms with Crippen LogP contribution in [0.3, 0.4) is 0 Å². The van der Waals surface area contributed by atoms with Gasteiger partial charge in [-0.25, -0.2) is 0 Å². The fourth-order valence-corrected chi connectivity index (χ4v) is 1.35. The van der Waals surface area contributed by atoms with E-state index in [0.29, 0.717) is 24.9 Å². The first-order valence-corrected chi connectivity index (χ1v) is 4.27. The van der Waals surface area contributed by atoms with Gasteiger partial charge in [-0.15, -0.1) is 0 Å². The molecule has 1 amide bonds. The van der Waals surface area contributed by atoms with E-state index in [1.807, 2.05) is 0 Å². The van der Waals surface area contributed by atoms with Crippen LogP contribution in [-0.2, 0) is 4.79 Å². The van der Waals surface area contributed by atoms with E-state index in [0.717, 1.165) is 12.8 Å². The number of carbonyl (C=O) groups excluding carboxylic acids is 1. The third kappa shape index (κ3) is 2.19. The number of hydrogen-bond donors (Lipinski definition) is 2. The second-order valence-electron chi connectivity index (χ2n) is 3.09. The molecule has 1 saturated carbocycles. The maximum Gasteiger partial charge on any atom is 0.223 e. The average molecular weight is 156 g/mol. The van der Waals surface area contributed by atoms with Gasteiger partial charge < -0.3 is 11.1 Å². The Morgan fingerprint density at radius 1 is 1.73 bits per heavy atom. The Kier molecular flexibility index (Phi) is 2.88. The van der Waals surface area contributed by atoms with Crippen molar-refractivity contribution in [1.29, 1.82) is 0 Å². The van der Waals surface area contributed by atoms with E-state index >= 15 is 0 Å². The highest BCUT2D eigenvalue weighted by Crippen LogP contribution is 2.40. The molecule has 0 aliphatic heterocycles. The molecule has 3 heteroatoms. The molecule has 0 saturated heterocycles. The molecule has 64 valence electrons. The smallest absolute Gasteiger partial charge is 0.223 e. The van der Waals surface area contributed by atoms with Gasteiger partial charge in [-0.3, -0.25) is 4.79 Å². The number of carbonyl (C=O) groups is 1. The van der Waals surface area contributed by atoms with E-state index in [9.17, 15) is 4.79 Å². The van der Waals surface area contributed by atoms with E-state index in [2.05, 4.69) is 12.2 Å². The molecular weight excluding hydrogens is 140 g/mol. The van der Waals surface area contributed by atoms with Crippen molar-refractivity contribution in [3.63, 3.8) is 0 Å². The molecule has 0 spiro atoms. The fraction of sp³-hybridized carbons (Fsp3) is 0.875. The first kappa shape index (κ1) is 8.53. The molecule has 2 unspecified atom stereocenters.